The molecule has 0 aromatic heterocycles. The number of aliphatic hydroxyl groups is 1. The fourth-order valence-corrected chi connectivity index (χ4v) is 12.0. The van der Waals surface area contributed by atoms with E-state index in [0.29, 0.717) is 18.3 Å². The molecule has 9 atom stereocenters. The second kappa shape index (κ2) is 10.4. The highest BCUT2D eigenvalue weighted by molar-refractivity contribution is 5.88. The molecule has 0 heterocycles. The summed E-state index contributed by atoms with van der Waals surface area (Å²) in [5, 5.41) is 24.3. The monoisotopic (exact) mass is 603 g/mol. The fraction of sp³-hybridized carbons (Fsp3) is 0.744. The zero-order chi connectivity index (χ0) is 31.9. The lowest BCUT2D eigenvalue weighted by Gasteiger charge is -2.71. The van der Waals surface area contributed by atoms with Gasteiger partial charge in [-0.3, -0.25) is 4.79 Å². The number of allylic oxidation sites excluding steroid dienone is 2. The highest BCUT2D eigenvalue weighted by Crippen LogP contribution is 2.75. The van der Waals surface area contributed by atoms with Crippen LogP contribution in [0.3, 0.4) is 0 Å². The van der Waals surface area contributed by atoms with Crippen LogP contribution in [0.4, 0.5) is 0 Å². The number of aliphatic carboxylic acids is 1. The van der Waals surface area contributed by atoms with Crippen LogP contribution in [0.5, 0.6) is 0 Å². The number of carboxylic acid groups (broad SMARTS) is 1. The van der Waals surface area contributed by atoms with Gasteiger partial charge in [0, 0.05) is 6.42 Å². The number of fused-ring (bicyclic) bond motifs is 7. The minimum atomic E-state index is -0.968. The van der Waals surface area contributed by atoms with Crippen molar-refractivity contribution < 1.29 is 19.8 Å². The van der Waals surface area contributed by atoms with Gasteiger partial charge in [-0.05, 0) is 115 Å². The predicted octanol–water partition coefficient (Wildman–Crippen LogP) is 7.96. The van der Waals surface area contributed by atoms with Crippen LogP contribution in [0.15, 0.2) is 42.0 Å². The Hall–Kier alpha value is -2.14. The van der Waals surface area contributed by atoms with E-state index in [0.717, 1.165) is 69.8 Å². The highest BCUT2D eigenvalue weighted by atomic mass is 16.4. The smallest absolute Gasteiger partial charge is 0.326 e. The van der Waals surface area contributed by atoms with Crippen LogP contribution in [0.25, 0.3) is 0 Å². The Labute approximate surface area is 265 Å². The molecule has 1 aromatic rings. The molecule has 0 bridgehead atoms. The van der Waals surface area contributed by atoms with E-state index in [1.807, 2.05) is 30.3 Å². The van der Waals surface area contributed by atoms with E-state index in [1.165, 1.54) is 5.57 Å². The van der Waals surface area contributed by atoms with Crippen molar-refractivity contribution >= 4 is 11.9 Å². The van der Waals surface area contributed by atoms with Crippen molar-refractivity contribution in [3.05, 3.63) is 47.5 Å². The van der Waals surface area contributed by atoms with E-state index in [2.05, 4.69) is 59.9 Å². The normalized spacial score (nSPS) is 42.8. The van der Waals surface area contributed by atoms with Gasteiger partial charge in [-0.25, -0.2) is 4.79 Å². The molecular weight excluding hydrogens is 546 g/mol. The molecule has 44 heavy (non-hydrogen) atoms. The average molecular weight is 604 g/mol. The molecular formula is C39H57NO4. The van der Waals surface area contributed by atoms with Crippen molar-refractivity contribution in [3.63, 3.8) is 0 Å². The SMILES string of the molecule is CC1(C)CC[C@]2(C(=O)N[C@@H](Cc3ccccc3)C(=O)O)CC[C@]3(C)C(=CC[C@@H]4[C@@]5(C)CC[C@H](O)C(C)(C)[C@@H]5CC[C@]43C)[C@@H]2C1. The number of carbonyl (C=O) groups excluding carboxylic acids is 1. The Morgan fingerprint density at radius 2 is 1.57 bits per heavy atom. The number of rotatable bonds is 5. The summed E-state index contributed by atoms with van der Waals surface area (Å²) in [5.74, 6) is 0.175. The maximum atomic E-state index is 14.5. The highest BCUT2D eigenvalue weighted by Gasteiger charge is 2.69. The first-order valence-corrected chi connectivity index (χ1v) is 17.5. The zero-order valence-corrected chi connectivity index (χ0v) is 28.3. The third kappa shape index (κ3) is 4.56. The molecule has 0 spiro atoms. The van der Waals surface area contributed by atoms with Crippen LogP contribution in [0.2, 0.25) is 0 Å². The first-order chi connectivity index (χ1) is 20.5. The Morgan fingerprint density at radius 1 is 0.886 bits per heavy atom. The van der Waals surface area contributed by atoms with Crippen molar-refractivity contribution in [3.8, 4) is 0 Å². The van der Waals surface area contributed by atoms with Crippen molar-refractivity contribution in [2.45, 2.75) is 131 Å². The number of nitrogens with one attached hydrogen (secondary N) is 1. The Kier molecular flexibility index (Phi) is 7.55. The van der Waals surface area contributed by atoms with Gasteiger partial charge in [0.2, 0.25) is 5.91 Å². The van der Waals surface area contributed by atoms with Crippen LogP contribution < -0.4 is 5.32 Å². The van der Waals surface area contributed by atoms with E-state index in [9.17, 15) is 19.8 Å². The number of hydrogen-bond acceptors (Lipinski definition) is 3. The maximum Gasteiger partial charge on any atom is 0.326 e. The summed E-state index contributed by atoms with van der Waals surface area (Å²) in [7, 11) is 0. The van der Waals surface area contributed by atoms with Crippen LogP contribution in [-0.4, -0.2) is 34.2 Å². The average Bonchev–Trinajstić information content (AvgIpc) is 2.95. The minimum Gasteiger partial charge on any atom is -0.480 e. The molecule has 6 rings (SSSR count). The van der Waals surface area contributed by atoms with Crippen molar-refractivity contribution in [2.24, 2.45) is 50.2 Å². The van der Waals surface area contributed by atoms with Gasteiger partial charge >= 0.3 is 5.97 Å². The molecule has 5 aliphatic carbocycles. The lowest BCUT2D eigenvalue weighted by molar-refractivity contribution is -0.203. The maximum absolute atomic E-state index is 14.5. The van der Waals surface area contributed by atoms with Crippen molar-refractivity contribution in [1.29, 1.82) is 0 Å². The molecule has 4 fully saturated rings. The molecule has 0 aliphatic heterocycles. The molecule has 4 saturated carbocycles. The third-order valence-electron chi connectivity index (χ3n) is 15.0. The summed E-state index contributed by atoms with van der Waals surface area (Å²) in [6.07, 6.45) is 12.5. The largest absolute Gasteiger partial charge is 0.480 e. The van der Waals surface area contributed by atoms with Crippen LogP contribution in [0.1, 0.15) is 118 Å². The second-order valence-corrected chi connectivity index (χ2v) is 17.8. The molecule has 1 amide bonds. The van der Waals surface area contributed by atoms with Gasteiger partial charge in [0.05, 0.1) is 11.5 Å². The second-order valence-electron chi connectivity index (χ2n) is 17.8. The number of amides is 1. The van der Waals surface area contributed by atoms with Gasteiger partial charge in [-0.1, -0.05) is 90.4 Å². The summed E-state index contributed by atoms with van der Waals surface area (Å²) in [6, 6.07) is 8.70. The van der Waals surface area contributed by atoms with E-state index < -0.39 is 17.4 Å². The van der Waals surface area contributed by atoms with E-state index in [-0.39, 0.29) is 45.0 Å². The van der Waals surface area contributed by atoms with E-state index in [4.69, 9.17) is 0 Å². The summed E-state index contributed by atoms with van der Waals surface area (Å²) < 4.78 is 0. The number of carboxylic acids is 1. The van der Waals surface area contributed by atoms with Crippen molar-refractivity contribution in [1.82, 2.24) is 5.32 Å². The van der Waals surface area contributed by atoms with E-state index >= 15 is 0 Å². The van der Waals surface area contributed by atoms with Gasteiger partial charge in [-0.2, -0.15) is 0 Å². The Bertz CT molecular complexity index is 1330. The number of hydrogen-bond donors (Lipinski definition) is 3. The fourth-order valence-electron chi connectivity index (χ4n) is 12.0. The molecule has 0 radical (unpaired) electrons. The Morgan fingerprint density at radius 3 is 2.25 bits per heavy atom. The molecule has 5 heteroatoms. The minimum absolute atomic E-state index is 0.00219. The van der Waals surface area contributed by atoms with Crippen LogP contribution in [0, 0.1) is 50.2 Å². The van der Waals surface area contributed by atoms with Gasteiger partial charge in [0.15, 0.2) is 0 Å². The predicted molar refractivity (Wildman–Crippen MR) is 175 cm³/mol. The number of benzene rings is 1. The molecule has 5 aliphatic rings. The zero-order valence-electron chi connectivity index (χ0n) is 28.3. The summed E-state index contributed by atoms with van der Waals surface area (Å²) in [4.78, 5) is 27.0. The lowest BCUT2D eigenvalue weighted by atomic mass is 9.33. The van der Waals surface area contributed by atoms with E-state index in [1.54, 1.807) is 0 Å². The number of aliphatic hydroxyl groups excluding tert-OH is 1. The molecule has 242 valence electrons. The lowest BCUT2D eigenvalue weighted by Crippen LogP contribution is -2.65. The third-order valence-corrected chi connectivity index (χ3v) is 15.0. The van der Waals surface area contributed by atoms with Gasteiger partial charge in [-0.15, -0.1) is 0 Å². The van der Waals surface area contributed by atoms with Gasteiger partial charge in [0.1, 0.15) is 6.04 Å². The summed E-state index contributed by atoms with van der Waals surface area (Å²) in [5.41, 5.74) is 2.23. The topological polar surface area (TPSA) is 86.6 Å². The van der Waals surface area contributed by atoms with Crippen LogP contribution >= 0.6 is 0 Å². The van der Waals surface area contributed by atoms with Gasteiger partial charge < -0.3 is 15.5 Å². The summed E-state index contributed by atoms with van der Waals surface area (Å²) >= 11 is 0. The Balaban J connectivity index is 1.36. The van der Waals surface area contributed by atoms with Crippen molar-refractivity contribution in [2.75, 3.05) is 0 Å². The molecule has 3 N–H and O–H groups in total. The molecule has 1 aromatic carbocycles. The first kappa shape index (κ1) is 31.8. The van der Waals surface area contributed by atoms with Gasteiger partial charge in [0.25, 0.3) is 0 Å². The molecule has 0 saturated heterocycles. The number of carbonyl (C=O) groups is 2. The van der Waals surface area contributed by atoms with Crippen LogP contribution in [-0.2, 0) is 16.0 Å². The first-order valence-electron chi connectivity index (χ1n) is 17.5. The standard InChI is InChI=1S/C39H57NO4/c1-34(2)19-21-39(33(44)40-28(32(42)43)23-25-11-9-8-10-12-25)22-20-37(6)26(27(39)24-34)13-14-30-36(5)17-16-31(41)35(3,4)29(36)15-18-38(30,37)7/h8-13,27-31,41H,14-24H2,1-7H3,(H,40,44)(H,42,43)/t27-,28-,29-,30+,31-,36-,37+,38+,39-/m0/s1. The quantitative estimate of drug-likeness (QED) is 0.298. The molecule has 5 nitrogen and oxygen atoms in total. The summed E-state index contributed by atoms with van der Waals surface area (Å²) in [6.45, 7) is 16.9. The molecule has 0 unspecified atom stereocenters.